The predicted octanol–water partition coefficient (Wildman–Crippen LogP) is 4.39. The molecule has 0 atom stereocenters. The summed E-state index contributed by atoms with van der Waals surface area (Å²) in [6, 6.07) is 12.0. The van der Waals surface area contributed by atoms with Crippen molar-refractivity contribution >= 4 is 28.4 Å². The summed E-state index contributed by atoms with van der Waals surface area (Å²) < 4.78 is 11.2. The monoisotopic (exact) mass is 342 g/mol. The Morgan fingerprint density at radius 3 is 2.54 bits per heavy atom. The molecule has 0 aliphatic rings. The second-order valence-corrected chi connectivity index (χ2v) is 5.95. The van der Waals surface area contributed by atoms with Gasteiger partial charge in [0.05, 0.1) is 10.9 Å². The SMILES string of the molecule is CC(=O)COc1ccc2c(=O)c(-c3ccc(Cl)cc3)c(C)oc2c1. The molecule has 1 aromatic heterocycles. The summed E-state index contributed by atoms with van der Waals surface area (Å²) in [5, 5.41) is 1.06. The molecule has 122 valence electrons. The van der Waals surface area contributed by atoms with E-state index < -0.39 is 0 Å². The molecular weight excluding hydrogens is 328 g/mol. The van der Waals surface area contributed by atoms with Crippen molar-refractivity contribution in [3.63, 3.8) is 0 Å². The van der Waals surface area contributed by atoms with Crippen LogP contribution in [-0.2, 0) is 4.79 Å². The van der Waals surface area contributed by atoms with E-state index in [4.69, 9.17) is 20.8 Å². The number of hydrogen-bond donors (Lipinski definition) is 0. The Labute approximate surface area is 143 Å². The van der Waals surface area contributed by atoms with Gasteiger partial charge in [0, 0.05) is 11.1 Å². The molecule has 0 saturated heterocycles. The summed E-state index contributed by atoms with van der Waals surface area (Å²) in [7, 11) is 0. The van der Waals surface area contributed by atoms with Crippen molar-refractivity contribution in [3.8, 4) is 16.9 Å². The Kier molecular flexibility index (Phi) is 4.40. The molecule has 3 rings (SSSR count). The van der Waals surface area contributed by atoms with Gasteiger partial charge in [0.25, 0.3) is 0 Å². The summed E-state index contributed by atoms with van der Waals surface area (Å²) in [5.74, 6) is 0.920. The van der Waals surface area contributed by atoms with Gasteiger partial charge in [-0.05, 0) is 43.7 Å². The van der Waals surface area contributed by atoms with Gasteiger partial charge in [-0.1, -0.05) is 23.7 Å². The Morgan fingerprint density at radius 1 is 1.17 bits per heavy atom. The number of carbonyl (C=O) groups is 1. The van der Waals surface area contributed by atoms with E-state index in [-0.39, 0.29) is 17.8 Å². The summed E-state index contributed by atoms with van der Waals surface area (Å²) in [4.78, 5) is 23.8. The maximum absolute atomic E-state index is 12.8. The van der Waals surface area contributed by atoms with Crippen LogP contribution in [0.15, 0.2) is 51.7 Å². The molecule has 0 aliphatic carbocycles. The van der Waals surface area contributed by atoms with E-state index in [1.54, 1.807) is 49.4 Å². The van der Waals surface area contributed by atoms with E-state index >= 15 is 0 Å². The first-order chi connectivity index (χ1) is 11.5. The number of carbonyl (C=O) groups excluding carboxylic acids is 1. The highest BCUT2D eigenvalue weighted by Crippen LogP contribution is 2.27. The lowest BCUT2D eigenvalue weighted by atomic mass is 10.0. The third-order valence-corrected chi connectivity index (χ3v) is 3.87. The Bertz CT molecular complexity index is 971. The zero-order chi connectivity index (χ0) is 17.3. The van der Waals surface area contributed by atoms with Crippen molar-refractivity contribution in [2.75, 3.05) is 6.61 Å². The number of benzene rings is 2. The minimum Gasteiger partial charge on any atom is -0.486 e. The van der Waals surface area contributed by atoms with Gasteiger partial charge in [0.1, 0.15) is 23.7 Å². The first-order valence-electron chi connectivity index (χ1n) is 7.41. The number of halogens is 1. The first kappa shape index (κ1) is 16.3. The van der Waals surface area contributed by atoms with E-state index in [1.165, 1.54) is 6.92 Å². The molecule has 0 saturated carbocycles. The van der Waals surface area contributed by atoms with Crippen LogP contribution in [0, 0.1) is 6.92 Å². The number of Topliss-reactive ketones (excluding diaryl/α,β-unsaturated/α-hetero) is 1. The lowest BCUT2D eigenvalue weighted by Gasteiger charge is -2.09. The standard InChI is InChI=1S/C19H15ClO4/c1-11(21)10-23-15-7-8-16-17(9-15)24-12(2)18(19(16)22)13-3-5-14(20)6-4-13/h3-9H,10H2,1-2H3. The van der Waals surface area contributed by atoms with Gasteiger partial charge < -0.3 is 9.15 Å². The molecule has 0 unspecified atom stereocenters. The van der Waals surface area contributed by atoms with E-state index in [9.17, 15) is 9.59 Å². The van der Waals surface area contributed by atoms with E-state index in [0.29, 0.717) is 33.1 Å². The molecule has 0 amide bonds. The molecule has 0 aliphatic heterocycles. The van der Waals surface area contributed by atoms with Crippen LogP contribution in [0.5, 0.6) is 5.75 Å². The molecular formula is C19H15ClO4. The third-order valence-electron chi connectivity index (χ3n) is 3.61. The Balaban J connectivity index is 2.10. The van der Waals surface area contributed by atoms with Crippen molar-refractivity contribution in [1.29, 1.82) is 0 Å². The molecule has 0 bridgehead atoms. The normalized spacial score (nSPS) is 10.8. The molecule has 3 aromatic rings. The van der Waals surface area contributed by atoms with Gasteiger partial charge >= 0.3 is 0 Å². The lowest BCUT2D eigenvalue weighted by Crippen LogP contribution is -2.09. The van der Waals surface area contributed by atoms with Crippen molar-refractivity contribution in [3.05, 3.63) is 63.5 Å². The van der Waals surface area contributed by atoms with Crippen molar-refractivity contribution in [2.24, 2.45) is 0 Å². The maximum Gasteiger partial charge on any atom is 0.200 e. The van der Waals surface area contributed by atoms with Crippen LogP contribution < -0.4 is 10.2 Å². The van der Waals surface area contributed by atoms with E-state index in [1.807, 2.05) is 0 Å². The van der Waals surface area contributed by atoms with Crippen LogP contribution >= 0.6 is 11.6 Å². The second-order valence-electron chi connectivity index (χ2n) is 5.52. The first-order valence-corrected chi connectivity index (χ1v) is 7.79. The summed E-state index contributed by atoms with van der Waals surface area (Å²) in [6.07, 6.45) is 0. The maximum atomic E-state index is 12.8. The molecule has 0 N–H and O–H groups in total. The molecule has 24 heavy (non-hydrogen) atoms. The van der Waals surface area contributed by atoms with Crippen LogP contribution in [0.3, 0.4) is 0 Å². The highest BCUT2D eigenvalue weighted by atomic mass is 35.5. The predicted molar refractivity (Wildman–Crippen MR) is 93.8 cm³/mol. The van der Waals surface area contributed by atoms with Crippen LogP contribution in [-0.4, -0.2) is 12.4 Å². The highest BCUT2D eigenvalue weighted by molar-refractivity contribution is 6.30. The van der Waals surface area contributed by atoms with Crippen LogP contribution in [0.1, 0.15) is 12.7 Å². The Morgan fingerprint density at radius 2 is 1.88 bits per heavy atom. The molecule has 0 radical (unpaired) electrons. The van der Waals surface area contributed by atoms with Crippen LogP contribution in [0.2, 0.25) is 5.02 Å². The van der Waals surface area contributed by atoms with Gasteiger partial charge in [-0.3, -0.25) is 9.59 Å². The minimum absolute atomic E-state index is 0.0163. The van der Waals surface area contributed by atoms with E-state index in [0.717, 1.165) is 5.56 Å². The summed E-state index contributed by atoms with van der Waals surface area (Å²) in [6.45, 7) is 3.18. The second kappa shape index (κ2) is 6.49. The lowest BCUT2D eigenvalue weighted by molar-refractivity contribution is -0.118. The summed E-state index contributed by atoms with van der Waals surface area (Å²) >= 11 is 5.90. The molecule has 1 heterocycles. The van der Waals surface area contributed by atoms with Gasteiger partial charge in [0.2, 0.25) is 5.43 Å². The fourth-order valence-electron chi connectivity index (χ4n) is 2.51. The number of aryl methyl sites for hydroxylation is 1. The zero-order valence-electron chi connectivity index (χ0n) is 13.3. The number of ketones is 1. The average molecular weight is 343 g/mol. The molecule has 5 heteroatoms. The number of rotatable bonds is 4. The molecule has 0 fully saturated rings. The van der Waals surface area contributed by atoms with Crippen molar-refractivity contribution in [1.82, 2.24) is 0 Å². The topological polar surface area (TPSA) is 56.5 Å². The molecule has 0 spiro atoms. The van der Waals surface area contributed by atoms with E-state index in [2.05, 4.69) is 0 Å². The highest BCUT2D eigenvalue weighted by Gasteiger charge is 2.14. The number of fused-ring (bicyclic) bond motifs is 1. The van der Waals surface area contributed by atoms with Crippen LogP contribution in [0.4, 0.5) is 0 Å². The van der Waals surface area contributed by atoms with Crippen LogP contribution in [0.25, 0.3) is 22.1 Å². The van der Waals surface area contributed by atoms with Gasteiger partial charge in [-0.15, -0.1) is 0 Å². The average Bonchev–Trinajstić information content (AvgIpc) is 2.54. The molecule has 4 nitrogen and oxygen atoms in total. The smallest absolute Gasteiger partial charge is 0.200 e. The third kappa shape index (κ3) is 3.19. The fourth-order valence-corrected chi connectivity index (χ4v) is 2.64. The largest absolute Gasteiger partial charge is 0.486 e. The Hall–Kier alpha value is -2.59. The minimum atomic E-state index is -0.116. The fraction of sp³-hybridized carbons (Fsp3) is 0.158. The van der Waals surface area contributed by atoms with Gasteiger partial charge in [0.15, 0.2) is 5.78 Å². The van der Waals surface area contributed by atoms with Gasteiger partial charge in [-0.25, -0.2) is 0 Å². The van der Waals surface area contributed by atoms with Gasteiger partial charge in [-0.2, -0.15) is 0 Å². The molecule has 2 aromatic carbocycles. The quantitative estimate of drug-likeness (QED) is 0.705. The van der Waals surface area contributed by atoms with Crippen molar-refractivity contribution in [2.45, 2.75) is 13.8 Å². The zero-order valence-corrected chi connectivity index (χ0v) is 14.0. The van der Waals surface area contributed by atoms with Crippen molar-refractivity contribution < 1.29 is 13.9 Å². The number of hydrogen-bond acceptors (Lipinski definition) is 4. The summed E-state index contributed by atoms with van der Waals surface area (Å²) in [5.41, 5.74) is 1.58. The number of ether oxygens (including phenoxy) is 1.